The lowest BCUT2D eigenvalue weighted by Gasteiger charge is -2.16. The minimum absolute atomic E-state index is 0.0219. The number of rotatable bonds is 6. The van der Waals surface area contributed by atoms with Crippen molar-refractivity contribution in [2.45, 2.75) is 32.9 Å². The van der Waals surface area contributed by atoms with Gasteiger partial charge in [-0.25, -0.2) is 4.98 Å². The molecule has 2 N–H and O–H groups in total. The van der Waals surface area contributed by atoms with Crippen molar-refractivity contribution in [3.63, 3.8) is 0 Å². The average molecular weight is 341 g/mol. The normalized spacial score (nSPS) is 12.5. The topological polar surface area (TPSA) is 85.0 Å². The van der Waals surface area contributed by atoms with E-state index in [4.69, 9.17) is 0 Å². The van der Waals surface area contributed by atoms with E-state index in [1.165, 1.54) is 4.57 Å². The van der Waals surface area contributed by atoms with E-state index in [1.807, 2.05) is 48.7 Å². The molecule has 1 aromatic carbocycles. The average Bonchev–Trinajstić information content (AvgIpc) is 2.93. The van der Waals surface area contributed by atoms with E-state index in [0.29, 0.717) is 23.7 Å². The Labute approximate surface area is 146 Å². The molecular formula is C18H23N5O2. The first-order valence-corrected chi connectivity index (χ1v) is 8.40. The molecule has 2 heterocycles. The zero-order valence-electron chi connectivity index (χ0n) is 14.7. The van der Waals surface area contributed by atoms with E-state index in [9.17, 15) is 9.90 Å². The van der Waals surface area contributed by atoms with Crippen molar-refractivity contribution in [3.05, 3.63) is 52.1 Å². The van der Waals surface area contributed by atoms with Gasteiger partial charge in [-0.05, 0) is 18.9 Å². The third-order valence-electron chi connectivity index (χ3n) is 4.41. The van der Waals surface area contributed by atoms with E-state index >= 15 is 0 Å². The monoisotopic (exact) mass is 341 g/mol. The molecule has 7 heteroatoms. The van der Waals surface area contributed by atoms with Crippen LogP contribution in [0.1, 0.15) is 24.7 Å². The van der Waals surface area contributed by atoms with Crippen LogP contribution >= 0.6 is 0 Å². The Hall–Kier alpha value is -2.67. The van der Waals surface area contributed by atoms with E-state index in [-0.39, 0.29) is 18.2 Å². The van der Waals surface area contributed by atoms with Crippen molar-refractivity contribution in [1.29, 1.82) is 0 Å². The molecule has 0 radical (unpaired) electrons. The first kappa shape index (κ1) is 17.2. The van der Waals surface area contributed by atoms with Crippen LogP contribution in [0.3, 0.4) is 0 Å². The van der Waals surface area contributed by atoms with E-state index in [2.05, 4.69) is 15.3 Å². The minimum atomic E-state index is -0.156. The number of aliphatic hydroxyl groups excluding tert-OH is 1. The molecule has 0 saturated carbocycles. The van der Waals surface area contributed by atoms with Gasteiger partial charge in [-0.2, -0.15) is 4.98 Å². The lowest BCUT2D eigenvalue weighted by molar-refractivity contribution is 0.271. The summed E-state index contributed by atoms with van der Waals surface area (Å²) in [4.78, 5) is 21.9. The number of benzene rings is 1. The van der Waals surface area contributed by atoms with Crippen LogP contribution in [0.4, 0.5) is 5.95 Å². The minimum Gasteiger partial charge on any atom is -0.394 e. The molecule has 3 rings (SSSR count). The zero-order valence-corrected chi connectivity index (χ0v) is 14.7. The van der Waals surface area contributed by atoms with Gasteiger partial charge in [0.25, 0.3) is 5.56 Å². The van der Waals surface area contributed by atoms with Crippen LogP contribution in [0.15, 0.2) is 35.1 Å². The van der Waals surface area contributed by atoms with Gasteiger partial charge in [-0.3, -0.25) is 9.36 Å². The summed E-state index contributed by atoms with van der Waals surface area (Å²) in [7, 11) is 1.68. The summed E-state index contributed by atoms with van der Waals surface area (Å²) in [5.41, 5.74) is 1.86. The van der Waals surface area contributed by atoms with E-state index in [1.54, 1.807) is 7.05 Å². The van der Waals surface area contributed by atoms with Gasteiger partial charge in [-0.1, -0.05) is 37.3 Å². The Bertz CT molecular complexity index is 926. The van der Waals surface area contributed by atoms with Gasteiger partial charge < -0.3 is 15.0 Å². The van der Waals surface area contributed by atoms with Gasteiger partial charge in [-0.15, -0.1) is 0 Å². The number of anilines is 1. The van der Waals surface area contributed by atoms with Crippen molar-refractivity contribution in [2.75, 3.05) is 11.9 Å². The van der Waals surface area contributed by atoms with Gasteiger partial charge in [0.2, 0.25) is 5.95 Å². The first-order valence-electron chi connectivity index (χ1n) is 8.40. The van der Waals surface area contributed by atoms with Crippen LogP contribution in [0.5, 0.6) is 0 Å². The summed E-state index contributed by atoms with van der Waals surface area (Å²) in [6, 6.07) is 9.80. The van der Waals surface area contributed by atoms with Crippen molar-refractivity contribution < 1.29 is 5.11 Å². The number of hydrogen-bond donors (Lipinski definition) is 2. The third kappa shape index (κ3) is 3.28. The number of aryl methyl sites for hydroxylation is 1. The van der Waals surface area contributed by atoms with Crippen molar-refractivity contribution in [3.8, 4) is 0 Å². The maximum Gasteiger partial charge on any atom is 0.280 e. The van der Waals surface area contributed by atoms with Crippen LogP contribution in [-0.2, 0) is 13.6 Å². The number of fused-ring (bicyclic) bond motifs is 1. The van der Waals surface area contributed by atoms with Gasteiger partial charge in [0.1, 0.15) is 5.82 Å². The fourth-order valence-corrected chi connectivity index (χ4v) is 2.82. The summed E-state index contributed by atoms with van der Waals surface area (Å²) >= 11 is 0. The predicted octanol–water partition coefficient (Wildman–Crippen LogP) is 1.67. The standard InChI is InChI=1S/C18H23N5O2/c1-4-14(11-24)20-18-21-16-15(17(25)22(18)3)23(12(2)19-16)10-13-8-6-5-7-9-13/h5-9,14,24H,4,10-11H2,1-3H3,(H,20,21)/t14-/m0/s1. The summed E-state index contributed by atoms with van der Waals surface area (Å²) < 4.78 is 3.37. The number of aliphatic hydroxyl groups is 1. The quantitative estimate of drug-likeness (QED) is 0.712. The maximum absolute atomic E-state index is 12.9. The first-order chi connectivity index (χ1) is 12.0. The zero-order chi connectivity index (χ0) is 18.0. The number of aromatic nitrogens is 4. The number of nitrogens with one attached hydrogen (secondary N) is 1. The summed E-state index contributed by atoms with van der Waals surface area (Å²) in [5.74, 6) is 1.16. The Morgan fingerprint density at radius 2 is 1.96 bits per heavy atom. The largest absolute Gasteiger partial charge is 0.394 e. The molecule has 0 amide bonds. The fourth-order valence-electron chi connectivity index (χ4n) is 2.82. The van der Waals surface area contributed by atoms with Crippen LogP contribution in [0.25, 0.3) is 11.2 Å². The van der Waals surface area contributed by atoms with Gasteiger partial charge in [0.05, 0.1) is 12.6 Å². The second-order valence-electron chi connectivity index (χ2n) is 6.13. The van der Waals surface area contributed by atoms with Gasteiger partial charge in [0.15, 0.2) is 11.2 Å². The Morgan fingerprint density at radius 3 is 2.60 bits per heavy atom. The molecule has 0 aliphatic heterocycles. The van der Waals surface area contributed by atoms with Crippen molar-refractivity contribution >= 4 is 17.1 Å². The highest BCUT2D eigenvalue weighted by Crippen LogP contribution is 2.15. The smallest absolute Gasteiger partial charge is 0.280 e. The molecule has 0 bridgehead atoms. The third-order valence-corrected chi connectivity index (χ3v) is 4.41. The lowest BCUT2D eigenvalue weighted by Crippen LogP contribution is -2.30. The van der Waals surface area contributed by atoms with Gasteiger partial charge >= 0.3 is 0 Å². The maximum atomic E-state index is 12.9. The Balaban J connectivity index is 2.08. The number of nitrogens with zero attached hydrogens (tertiary/aromatic N) is 4. The molecule has 0 fully saturated rings. The fraction of sp³-hybridized carbons (Fsp3) is 0.389. The Kier molecular flexibility index (Phi) is 4.85. The van der Waals surface area contributed by atoms with Crippen LogP contribution in [-0.4, -0.2) is 36.9 Å². The molecule has 1 atom stereocenters. The molecule has 0 aliphatic carbocycles. The van der Waals surface area contributed by atoms with Crippen LogP contribution in [0, 0.1) is 6.92 Å². The molecule has 3 aromatic rings. The number of imidazole rings is 1. The molecule has 25 heavy (non-hydrogen) atoms. The highest BCUT2D eigenvalue weighted by atomic mass is 16.3. The van der Waals surface area contributed by atoms with Gasteiger partial charge in [0, 0.05) is 13.6 Å². The lowest BCUT2D eigenvalue weighted by atomic mass is 10.2. The highest BCUT2D eigenvalue weighted by Gasteiger charge is 2.18. The van der Waals surface area contributed by atoms with Crippen LogP contribution in [0.2, 0.25) is 0 Å². The van der Waals surface area contributed by atoms with E-state index < -0.39 is 0 Å². The SMILES string of the molecule is CC[C@@H](CO)Nc1nc2nc(C)n(Cc3ccccc3)c2c(=O)n1C. The van der Waals surface area contributed by atoms with E-state index in [0.717, 1.165) is 17.8 Å². The predicted molar refractivity (Wildman–Crippen MR) is 97.8 cm³/mol. The number of hydrogen-bond acceptors (Lipinski definition) is 5. The van der Waals surface area contributed by atoms with Crippen molar-refractivity contribution in [1.82, 2.24) is 19.1 Å². The second-order valence-corrected chi connectivity index (χ2v) is 6.13. The molecule has 0 saturated heterocycles. The Morgan fingerprint density at radius 1 is 1.24 bits per heavy atom. The molecule has 0 spiro atoms. The molecular weight excluding hydrogens is 318 g/mol. The molecule has 0 aliphatic rings. The molecule has 0 unspecified atom stereocenters. The molecule has 7 nitrogen and oxygen atoms in total. The summed E-state index contributed by atoms with van der Waals surface area (Å²) in [5, 5.41) is 12.5. The molecule has 132 valence electrons. The summed E-state index contributed by atoms with van der Waals surface area (Å²) in [6.07, 6.45) is 0.728. The highest BCUT2D eigenvalue weighted by molar-refractivity contribution is 5.72. The molecule has 2 aromatic heterocycles. The van der Waals surface area contributed by atoms with Crippen LogP contribution < -0.4 is 10.9 Å². The second kappa shape index (κ2) is 7.06. The van der Waals surface area contributed by atoms with Crippen molar-refractivity contribution in [2.24, 2.45) is 7.05 Å². The summed E-state index contributed by atoms with van der Waals surface area (Å²) in [6.45, 7) is 4.38.